The fraction of sp³-hybridized carbons (Fsp3) is 0.545. The van der Waals surface area contributed by atoms with Crippen molar-refractivity contribution in [3.63, 3.8) is 0 Å². The summed E-state index contributed by atoms with van der Waals surface area (Å²) in [4.78, 5) is 0. The molecular weight excluding hydrogens is 236 g/mol. The molecule has 5 nitrogen and oxygen atoms in total. The summed E-state index contributed by atoms with van der Waals surface area (Å²) in [5.74, 6) is 0.983. The Kier molecular flexibility index (Phi) is 5.21. The quantitative estimate of drug-likeness (QED) is 0.275. The molecule has 0 saturated heterocycles. The van der Waals surface area contributed by atoms with Crippen LogP contribution in [0.2, 0.25) is 0 Å². The number of thioether (sulfide) groups is 1. The van der Waals surface area contributed by atoms with Gasteiger partial charge in [0.1, 0.15) is 5.03 Å². The van der Waals surface area contributed by atoms with Crippen molar-refractivity contribution in [3.05, 3.63) is 16.8 Å². The van der Waals surface area contributed by atoms with E-state index in [1.54, 1.807) is 11.8 Å². The highest BCUT2D eigenvalue weighted by Crippen LogP contribution is 2.24. The van der Waals surface area contributed by atoms with Crippen LogP contribution in [0, 0.1) is 0 Å². The largest absolute Gasteiger partial charge is 0.409 e. The van der Waals surface area contributed by atoms with E-state index >= 15 is 0 Å². The molecule has 0 unspecified atom stereocenters. The molecule has 0 spiro atoms. The molecule has 0 aliphatic carbocycles. The molecule has 0 saturated carbocycles. The highest BCUT2D eigenvalue weighted by atomic mass is 32.2. The van der Waals surface area contributed by atoms with Gasteiger partial charge in [-0.05, 0) is 24.2 Å². The molecule has 0 fully saturated rings. The van der Waals surface area contributed by atoms with Crippen molar-refractivity contribution in [2.45, 2.75) is 38.6 Å². The molecule has 0 atom stereocenters. The van der Waals surface area contributed by atoms with Crippen LogP contribution in [0.4, 0.5) is 0 Å². The van der Waals surface area contributed by atoms with Crippen molar-refractivity contribution < 1.29 is 5.21 Å². The van der Waals surface area contributed by atoms with E-state index < -0.39 is 0 Å². The van der Waals surface area contributed by atoms with Crippen LogP contribution in [-0.2, 0) is 12.8 Å². The predicted molar refractivity (Wildman–Crippen MR) is 69.7 cm³/mol. The Balaban J connectivity index is 3.44. The van der Waals surface area contributed by atoms with Crippen molar-refractivity contribution in [1.29, 1.82) is 0 Å². The minimum Gasteiger partial charge on any atom is -0.409 e. The zero-order valence-corrected chi connectivity index (χ0v) is 11.2. The zero-order valence-electron chi connectivity index (χ0n) is 10.4. The van der Waals surface area contributed by atoms with Crippen LogP contribution < -0.4 is 5.73 Å². The van der Waals surface area contributed by atoms with Crippen molar-refractivity contribution in [3.8, 4) is 0 Å². The van der Waals surface area contributed by atoms with Gasteiger partial charge in [-0.25, -0.2) is 0 Å². The second-order valence-electron chi connectivity index (χ2n) is 3.43. The molecular formula is C11H18N4OS. The summed E-state index contributed by atoms with van der Waals surface area (Å²) in [5, 5.41) is 21.1. The van der Waals surface area contributed by atoms with Gasteiger partial charge in [-0.3, -0.25) is 0 Å². The molecule has 0 aliphatic rings. The Hall–Kier alpha value is -1.30. The van der Waals surface area contributed by atoms with E-state index in [4.69, 9.17) is 10.9 Å². The van der Waals surface area contributed by atoms with Crippen molar-refractivity contribution >= 4 is 17.6 Å². The SMILES string of the molecule is CCSc1nnc(CC)c(CC)c1C(N)=NO. The summed E-state index contributed by atoms with van der Waals surface area (Å²) in [6.45, 7) is 6.08. The molecule has 0 radical (unpaired) electrons. The Morgan fingerprint density at radius 3 is 2.47 bits per heavy atom. The van der Waals surface area contributed by atoms with Gasteiger partial charge in [-0.1, -0.05) is 25.9 Å². The lowest BCUT2D eigenvalue weighted by atomic mass is 10.0. The van der Waals surface area contributed by atoms with Crippen molar-refractivity contribution in [2.75, 3.05) is 5.75 Å². The van der Waals surface area contributed by atoms with E-state index in [1.165, 1.54) is 0 Å². The molecule has 1 rings (SSSR count). The van der Waals surface area contributed by atoms with E-state index in [1.807, 2.05) is 20.8 Å². The van der Waals surface area contributed by atoms with Gasteiger partial charge in [0, 0.05) is 0 Å². The highest BCUT2D eigenvalue weighted by molar-refractivity contribution is 7.99. The molecule has 0 bridgehead atoms. The van der Waals surface area contributed by atoms with E-state index in [-0.39, 0.29) is 5.84 Å². The summed E-state index contributed by atoms with van der Waals surface area (Å²) in [6.07, 6.45) is 1.58. The Morgan fingerprint density at radius 1 is 1.29 bits per heavy atom. The Labute approximate surface area is 106 Å². The van der Waals surface area contributed by atoms with Crippen LogP contribution in [-0.4, -0.2) is 27.0 Å². The molecule has 0 aromatic carbocycles. The van der Waals surface area contributed by atoms with Crippen molar-refractivity contribution in [2.24, 2.45) is 10.9 Å². The number of hydrogen-bond donors (Lipinski definition) is 2. The number of hydrogen-bond acceptors (Lipinski definition) is 5. The monoisotopic (exact) mass is 254 g/mol. The van der Waals surface area contributed by atoms with Gasteiger partial charge in [0.15, 0.2) is 5.84 Å². The standard InChI is InChI=1S/C11H18N4OS/c1-4-7-8(5-2)13-14-11(17-6-3)9(7)10(12)15-16/h16H,4-6H2,1-3H3,(H2,12,15). The van der Waals surface area contributed by atoms with Crippen LogP contribution in [0.3, 0.4) is 0 Å². The number of nitrogens with zero attached hydrogens (tertiary/aromatic N) is 3. The maximum Gasteiger partial charge on any atom is 0.173 e. The fourth-order valence-corrected chi connectivity index (χ4v) is 2.45. The molecule has 6 heteroatoms. The third-order valence-electron chi connectivity index (χ3n) is 2.46. The van der Waals surface area contributed by atoms with E-state index in [0.717, 1.165) is 40.4 Å². The van der Waals surface area contributed by atoms with Gasteiger partial charge < -0.3 is 10.9 Å². The third-order valence-corrected chi connectivity index (χ3v) is 3.31. The minimum atomic E-state index is 0.113. The maximum absolute atomic E-state index is 8.87. The molecule has 1 aromatic rings. The summed E-state index contributed by atoms with van der Waals surface area (Å²) >= 11 is 1.55. The molecule has 17 heavy (non-hydrogen) atoms. The predicted octanol–water partition coefficient (Wildman–Crippen LogP) is 1.81. The summed E-state index contributed by atoms with van der Waals surface area (Å²) in [5.41, 5.74) is 8.41. The average molecular weight is 254 g/mol. The van der Waals surface area contributed by atoms with Gasteiger partial charge in [0.05, 0.1) is 11.3 Å². The van der Waals surface area contributed by atoms with Crippen LogP contribution in [0.25, 0.3) is 0 Å². The molecule has 0 amide bonds. The van der Waals surface area contributed by atoms with Gasteiger partial charge in [0.2, 0.25) is 0 Å². The van der Waals surface area contributed by atoms with Crippen LogP contribution in [0.1, 0.15) is 37.6 Å². The maximum atomic E-state index is 8.87. The lowest BCUT2D eigenvalue weighted by Crippen LogP contribution is -2.20. The van der Waals surface area contributed by atoms with E-state index in [0.29, 0.717) is 0 Å². The van der Waals surface area contributed by atoms with Crippen LogP contribution in [0.15, 0.2) is 10.2 Å². The number of aromatic nitrogens is 2. The lowest BCUT2D eigenvalue weighted by Gasteiger charge is -2.13. The third kappa shape index (κ3) is 2.88. The summed E-state index contributed by atoms with van der Waals surface area (Å²) in [7, 11) is 0. The minimum absolute atomic E-state index is 0.113. The zero-order chi connectivity index (χ0) is 12.8. The second kappa shape index (κ2) is 6.44. The van der Waals surface area contributed by atoms with Gasteiger partial charge in [0.25, 0.3) is 0 Å². The van der Waals surface area contributed by atoms with Crippen LogP contribution in [0.5, 0.6) is 0 Å². The number of nitrogens with two attached hydrogens (primary N) is 1. The molecule has 1 aromatic heterocycles. The Morgan fingerprint density at radius 2 is 2.00 bits per heavy atom. The highest BCUT2D eigenvalue weighted by Gasteiger charge is 2.17. The van der Waals surface area contributed by atoms with Crippen molar-refractivity contribution in [1.82, 2.24) is 10.2 Å². The van der Waals surface area contributed by atoms with Crippen LogP contribution >= 0.6 is 11.8 Å². The molecule has 0 aliphatic heterocycles. The fourth-order valence-electron chi connectivity index (χ4n) is 1.71. The first kappa shape index (κ1) is 13.8. The topological polar surface area (TPSA) is 84.4 Å². The first-order valence-electron chi connectivity index (χ1n) is 5.68. The average Bonchev–Trinajstić information content (AvgIpc) is 2.37. The van der Waals surface area contributed by atoms with E-state index in [9.17, 15) is 0 Å². The van der Waals surface area contributed by atoms with Gasteiger partial charge in [-0.15, -0.1) is 16.9 Å². The summed E-state index contributed by atoms with van der Waals surface area (Å²) in [6, 6.07) is 0. The number of rotatable bonds is 5. The molecule has 3 N–H and O–H groups in total. The first-order chi connectivity index (χ1) is 8.19. The van der Waals surface area contributed by atoms with Gasteiger partial charge >= 0.3 is 0 Å². The molecule has 94 valence electrons. The second-order valence-corrected chi connectivity index (χ2v) is 4.68. The first-order valence-corrected chi connectivity index (χ1v) is 6.67. The number of oxime groups is 1. The molecule has 1 heterocycles. The lowest BCUT2D eigenvalue weighted by molar-refractivity contribution is 0.318. The Bertz CT molecular complexity index is 420. The summed E-state index contributed by atoms with van der Waals surface area (Å²) < 4.78 is 0. The number of aryl methyl sites for hydroxylation is 1. The normalized spacial score (nSPS) is 11.8. The number of amidine groups is 1. The van der Waals surface area contributed by atoms with Gasteiger partial charge in [-0.2, -0.15) is 5.10 Å². The van der Waals surface area contributed by atoms with E-state index in [2.05, 4.69) is 15.4 Å². The smallest absolute Gasteiger partial charge is 0.173 e.